The molecule has 0 saturated carbocycles. The Balaban J connectivity index is 2.39. The third-order valence-corrected chi connectivity index (χ3v) is 6.00. The van der Waals surface area contributed by atoms with Gasteiger partial charge in [0.25, 0.3) is 5.91 Å². The van der Waals surface area contributed by atoms with E-state index in [1.807, 2.05) is 0 Å². The molecule has 200 valence electrons. The molecular formula is C27H41F4NO3. The Bertz CT molecular complexity index is 765. The van der Waals surface area contributed by atoms with Gasteiger partial charge < -0.3 is 10.1 Å². The minimum Gasteiger partial charge on any atom is -0.464 e. The van der Waals surface area contributed by atoms with Crippen molar-refractivity contribution in [2.75, 3.05) is 6.61 Å². The number of amides is 1. The van der Waals surface area contributed by atoms with E-state index in [0.29, 0.717) is 12.5 Å². The molecule has 0 radical (unpaired) electrons. The Morgan fingerprint density at radius 1 is 0.886 bits per heavy atom. The van der Waals surface area contributed by atoms with E-state index in [1.165, 1.54) is 51.4 Å². The summed E-state index contributed by atoms with van der Waals surface area (Å²) in [6.45, 7) is 5.64. The maximum Gasteiger partial charge on any atom is 0.417 e. The van der Waals surface area contributed by atoms with Crippen LogP contribution in [0.3, 0.4) is 0 Å². The van der Waals surface area contributed by atoms with Crippen molar-refractivity contribution in [3.05, 3.63) is 35.1 Å². The average Bonchev–Trinajstić information content (AvgIpc) is 2.79. The molecule has 1 N–H and O–H groups in total. The number of hydrogen-bond donors (Lipinski definition) is 1. The monoisotopic (exact) mass is 503 g/mol. The second-order valence-corrected chi connectivity index (χ2v) is 9.41. The number of hydrogen-bond acceptors (Lipinski definition) is 3. The summed E-state index contributed by atoms with van der Waals surface area (Å²) in [6.07, 6.45) is 9.12. The van der Waals surface area contributed by atoms with Crippen LogP contribution in [0.25, 0.3) is 0 Å². The number of carbonyl (C=O) groups is 2. The summed E-state index contributed by atoms with van der Waals surface area (Å²) in [5, 5.41) is 2.23. The molecule has 0 bridgehead atoms. The van der Waals surface area contributed by atoms with Crippen molar-refractivity contribution >= 4 is 11.9 Å². The average molecular weight is 504 g/mol. The molecule has 1 aromatic carbocycles. The van der Waals surface area contributed by atoms with Gasteiger partial charge in [0.05, 0.1) is 17.7 Å². The number of carbonyl (C=O) groups excluding carboxylic acids is 2. The second kappa shape index (κ2) is 16.5. The zero-order valence-corrected chi connectivity index (χ0v) is 21.3. The maximum absolute atomic E-state index is 14.1. The Hall–Kier alpha value is -2.12. The second-order valence-electron chi connectivity index (χ2n) is 9.41. The first-order valence-corrected chi connectivity index (χ1v) is 12.9. The van der Waals surface area contributed by atoms with E-state index in [4.69, 9.17) is 4.74 Å². The SMILES string of the molecule is CCCCCCCCCCCCCCOC(=O)C(NC(=O)c1c(F)cccc1C(F)(F)F)C(C)C. The molecule has 1 amide bonds. The van der Waals surface area contributed by atoms with Crippen LogP contribution in [0, 0.1) is 11.7 Å². The molecule has 1 rings (SSSR count). The molecule has 1 atom stereocenters. The third-order valence-electron chi connectivity index (χ3n) is 6.00. The zero-order chi connectivity index (χ0) is 26.3. The van der Waals surface area contributed by atoms with Crippen LogP contribution in [-0.2, 0) is 15.7 Å². The van der Waals surface area contributed by atoms with Crippen LogP contribution in [0.2, 0.25) is 0 Å². The van der Waals surface area contributed by atoms with Gasteiger partial charge in [-0.1, -0.05) is 97.5 Å². The molecule has 0 saturated heterocycles. The minimum absolute atomic E-state index is 0.169. The number of alkyl halides is 3. The molecule has 0 aliphatic rings. The van der Waals surface area contributed by atoms with E-state index in [1.54, 1.807) is 13.8 Å². The summed E-state index contributed by atoms with van der Waals surface area (Å²) in [7, 11) is 0. The Morgan fingerprint density at radius 2 is 1.40 bits per heavy atom. The first-order valence-electron chi connectivity index (χ1n) is 12.9. The predicted octanol–water partition coefficient (Wildman–Crippen LogP) is 7.84. The number of esters is 1. The van der Waals surface area contributed by atoms with Gasteiger partial charge >= 0.3 is 12.1 Å². The van der Waals surface area contributed by atoms with Crippen LogP contribution in [-0.4, -0.2) is 24.5 Å². The van der Waals surface area contributed by atoms with Gasteiger partial charge in [0.2, 0.25) is 0 Å². The van der Waals surface area contributed by atoms with Crippen LogP contribution in [0.15, 0.2) is 18.2 Å². The van der Waals surface area contributed by atoms with Gasteiger partial charge in [-0.05, 0) is 24.5 Å². The first-order chi connectivity index (χ1) is 16.6. The summed E-state index contributed by atoms with van der Waals surface area (Å²) in [4.78, 5) is 24.9. The van der Waals surface area contributed by atoms with Crippen molar-refractivity contribution in [2.45, 2.75) is 110 Å². The van der Waals surface area contributed by atoms with Crippen molar-refractivity contribution in [1.29, 1.82) is 0 Å². The quantitative estimate of drug-likeness (QED) is 0.134. The summed E-state index contributed by atoms with van der Waals surface area (Å²) < 4.78 is 59.0. The zero-order valence-electron chi connectivity index (χ0n) is 21.3. The van der Waals surface area contributed by atoms with E-state index >= 15 is 0 Å². The number of benzene rings is 1. The first kappa shape index (κ1) is 30.9. The standard InChI is InChI=1S/C27H41F4NO3/c1-4-5-6-7-8-9-10-11-12-13-14-15-19-35-26(34)24(20(2)3)32-25(33)23-21(27(29,30)31)17-16-18-22(23)28/h16-18,20,24H,4-15,19H2,1-3H3,(H,32,33). The van der Waals surface area contributed by atoms with Crippen molar-refractivity contribution in [3.63, 3.8) is 0 Å². The molecular weight excluding hydrogens is 462 g/mol. The molecule has 1 unspecified atom stereocenters. The van der Waals surface area contributed by atoms with Crippen LogP contribution in [0.4, 0.5) is 17.6 Å². The lowest BCUT2D eigenvalue weighted by molar-refractivity contribution is -0.147. The summed E-state index contributed by atoms with van der Waals surface area (Å²) in [5.41, 5.74) is -2.51. The van der Waals surface area contributed by atoms with E-state index in [0.717, 1.165) is 31.4 Å². The highest BCUT2D eigenvalue weighted by molar-refractivity contribution is 5.98. The van der Waals surface area contributed by atoms with Gasteiger partial charge in [0, 0.05) is 0 Å². The van der Waals surface area contributed by atoms with Crippen LogP contribution in [0.5, 0.6) is 0 Å². The van der Waals surface area contributed by atoms with Gasteiger partial charge in [-0.15, -0.1) is 0 Å². The van der Waals surface area contributed by atoms with Crippen molar-refractivity contribution in [3.8, 4) is 0 Å². The van der Waals surface area contributed by atoms with E-state index in [-0.39, 0.29) is 6.61 Å². The van der Waals surface area contributed by atoms with Gasteiger partial charge in [-0.3, -0.25) is 4.79 Å². The van der Waals surface area contributed by atoms with Gasteiger partial charge in [0.15, 0.2) is 0 Å². The van der Waals surface area contributed by atoms with E-state index in [2.05, 4.69) is 12.2 Å². The molecule has 8 heteroatoms. The van der Waals surface area contributed by atoms with Gasteiger partial charge in [0.1, 0.15) is 11.9 Å². The number of ether oxygens (including phenoxy) is 1. The Morgan fingerprint density at radius 3 is 1.89 bits per heavy atom. The fourth-order valence-electron chi connectivity index (χ4n) is 3.91. The molecule has 4 nitrogen and oxygen atoms in total. The number of rotatable bonds is 17. The van der Waals surface area contributed by atoms with Crippen molar-refractivity contribution < 1.29 is 31.9 Å². The fourth-order valence-corrected chi connectivity index (χ4v) is 3.91. The maximum atomic E-state index is 14.1. The highest BCUT2D eigenvalue weighted by Crippen LogP contribution is 2.33. The number of unbranched alkanes of at least 4 members (excludes halogenated alkanes) is 11. The third kappa shape index (κ3) is 11.9. The predicted molar refractivity (Wildman–Crippen MR) is 130 cm³/mol. The smallest absolute Gasteiger partial charge is 0.417 e. The van der Waals surface area contributed by atoms with Crippen molar-refractivity contribution in [1.82, 2.24) is 5.32 Å². The minimum atomic E-state index is -4.91. The molecule has 0 spiro atoms. The number of nitrogens with one attached hydrogen (secondary N) is 1. The normalized spacial score (nSPS) is 12.6. The van der Waals surface area contributed by atoms with Crippen molar-refractivity contribution in [2.24, 2.45) is 5.92 Å². The summed E-state index contributed by atoms with van der Waals surface area (Å²) >= 11 is 0. The Kier molecular flexibility index (Phi) is 14.6. The largest absolute Gasteiger partial charge is 0.464 e. The van der Waals surface area contributed by atoms with Gasteiger partial charge in [-0.25, -0.2) is 9.18 Å². The molecule has 1 aromatic rings. The van der Waals surface area contributed by atoms with Crippen LogP contribution < -0.4 is 5.32 Å². The molecule has 0 aliphatic carbocycles. The molecule has 0 fully saturated rings. The van der Waals surface area contributed by atoms with E-state index < -0.39 is 47.0 Å². The van der Waals surface area contributed by atoms with Crippen LogP contribution in [0.1, 0.15) is 114 Å². The lowest BCUT2D eigenvalue weighted by Gasteiger charge is -2.22. The van der Waals surface area contributed by atoms with E-state index in [9.17, 15) is 27.2 Å². The Labute approximate surface area is 207 Å². The lowest BCUT2D eigenvalue weighted by Crippen LogP contribution is -2.46. The lowest BCUT2D eigenvalue weighted by atomic mass is 10.0. The fraction of sp³-hybridized carbons (Fsp3) is 0.704. The molecule has 0 heterocycles. The molecule has 0 aliphatic heterocycles. The van der Waals surface area contributed by atoms with Crippen LogP contribution >= 0.6 is 0 Å². The molecule has 35 heavy (non-hydrogen) atoms. The topological polar surface area (TPSA) is 55.4 Å². The molecule has 0 aromatic heterocycles. The highest BCUT2D eigenvalue weighted by Gasteiger charge is 2.38. The number of halogens is 4. The summed E-state index contributed by atoms with van der Waals surface area (Å²) in [5.74, 6) is -3.78. The summed E-state index contributed by atoms with van der Waals surface area (Å²) in [6, 6.07) is 1.12. The van der Waals surface area contributed by atoms with Gasteiger partial charge in [-0.2, -0.15) is 13.2 Å². The highest BCUT2D eigenvalue weighted by atomic mass is 19.4.